The van der Waals surface area contributed by atoms with Gasteiger partial charge in [0.1, 0.15) is 0 Å². The molecule has 0 bridgehead atoms. The lowest BCUT2D eigenvalue weighted by molar-refractivity contribution is 0.0951. The van der Waals surface area contributed by atoms with Crippen molar-refractivity contribution in [2.45, 2.75) is 39.0 Å². The van der Waals surface area contributed by atoms with Crippen molar-refractivity contribution >= 4 is 17.5 Å². The van der Waals surface area contributed by atoms with Crippen molar-refractivity contribution in [3.05, 3.63) is 35.4 Å². The van der Waals surface area contributed by atoms with Crippen molar-refractivity contribution in [1.29, 1.82) is 0 Å². The molecule has 0 unspecified atom stereocenters. The molecule has 1 amide bonds. The van der Waals surface area contributed by atoms with Gasteiger partial charge in [-0.25, -0.2) is 0 Å². The van der Waals surface area contributed by atoms with E-state index in [4.69, 9.17) is 11.6 Å². The molecule has 1 N–H and O–H groups in total. The molecule has 1 rings (SSSR count). The molecule has 18 heavy (non-hydrogen) atoms. The van der Waals surface area contributed by atoms with Gasteiger partial charge in [-0.2, -0.15) is 0 Å². The predicted molar refractivity (Wildman–Crippen MR) is 77.4 cm³/mol. The van der Waals surface area contributed by atoms with Crippen molar-refractivity contribution in [3.8, 4) is 0 Å². The molecule has 0 heterocycles. The highest BCUT2D eigenvalue weighted by atomic mass is 35.5. The van der Waals surface area contributed by atoms with Crippen LogP contribution in [0.15, 0.2) is 24.3 Å². The summed E-state index contributed by atoms with van der Waals surface area (Å²) in [5, 5.41) is 2.95. The minimum Gasteiger partial charge on any atom is -0.352 e. The summed E-state index contributed by atoms with van der Waals surface area (Å²) in [6.45, 7) is 7.04. The van der Waals surface area contributed by atoms with Crippen LogP contribution >= 0.6 is 11.6 Å². The van der Waals surface area contributed by atoms with Crippen LogP contribution in [0.1, 0.15) is 49.5 Å². The van der Waals surface area contributed by atoms with Gasteiger partial charge in [-0.15, -0.1) is 11.6 Å². The fourth-order valence-corrected chi connectivity index (χ4v) is 2.04. The van der Waals surface area contributed by atoms with E-state index < -0.39 is 0 Å². The van der Waals surface area contributed by atoms with E-state index in [1.54, 1.807) is 0 Å². The zero-order chi connectivity index (χ0) is 13.6. The van der Waals surface area contributed by atoms with Gasteiger partial charge in [0.2, 0.25) is 0 Å². The normalized spacial score (nSPS) is 11.3. The van der Waals surface area contributed by atoms with Crippen LogP contribution in [0.2, 0.25) is 0 Å². The maximum atomic E-state index is 12.1. The number of alkyl halides is 1. The van der Waals surface area contributed by atoms with Crippen molar-refractivity contribution in [1.82, 2.24) is 5.32 Å². The summed E-state index contributed by atoms with van der Waals surface area (Å²) in [5.74, 6) is 0.657. The first-order valence-corrected chi connectivity index (χ1v) is 6.94. The van der Waals surface area contributed by atoms with E-state index in [1.165, 1.54) is 0 Å². The van der Waals surface area contributed by atoms with Gasteiger partial charge < -0.3 is 5.32 Å². The van der Waals surface area contributed by atoms with E-state index in [1.807, 2.05) is 24.3 Å². The van der Waals surface area contributed by atoms with Gasteiger partial charge in [-0.1, -0.05) is 39.0 Å². The van der Waals surface area contributed by atoms with Crippen LogP contribution < -0.4 is 5.32 Å². The smallest absolute Gasteiger partial charge is 0.251 e. The second-order valence-corrected chi connectivity index (χ2v) is 5.83. The first kappa shape index (κ1) is 15.0. The van der Waals surface area contributed by atoms with E-state index in [0.29, 0.717) is 12.4 Å². The first-order valence-electron chi connectivity index (χ1n) is 6.40. The van der Waals surface area contributed by atoms with Crippen molar-refractivity contribution in [2.75, 3.05) is 12.4 Å². The van der Waals surface area contributed by atoms with Crippen LogP contribution in [-0.2, 0) is 5.41 Å². The first-order chi connectivity index (χ1) is 8.46. The lowest BCUT2D eigenvalue weighted by Gasteiger charge is -2.22. The molecule has 0 atom stereocenters. The fourth-order valence-electron chi connectivity index (χ4n) is 1.85. The van der Waals surface area contributed by atoms with Gasteiger partial charge in [0.15, 0.2) is 0 Å². The number of hydrogen-bond acceptors (Lipinski definition) is 1. The van der Waals surface area contributed by atoms with E-state index in [-0.39, 0.29) is 11.3 Å². The van der Waals surface area contributed by atoms with Crippen LogP contribution in [-0.4, -0.2) is 18.3 Å². The Morgan fingerprint density at radius 3 is 2.50 bits per heavy atom. The number of hydrogen-bond donors (Lipinski definition) is 1. The van der Waals surface area contributed by atoms with Crippen LogP contribution in [0.5, 0.6) is 0 Å². The molecule has 0 radical (unpaired) electrons. The average molecular weight is 268 g/mol. The number of carbonyl (C=O) groups excluding carboxylic acids is 1. The van der Waals surface area contributed by atoms with Gasteiger partial charge in [-0.3, -0.25) is 4.79 Å². The van der Waals surface area contributed by atoms with Crippen molar-refractivity contribution < 1.29 is 4.79 Å². The predicted octanol–water partition coefficient (Wildman–Crippen LogP) is 3.73. The Hall–Kier alpha value is -1.02. The molecular formula is C15H22ClNO. The molecule has 0 fully saturated rings. The maximum Gasteiger partial charge on any atom is 0.251 e. The molecule has 0 spiro atoms. The zero-order valence-electron chi connectivity index (χ0n) is 11.4. The van der Waals surface area contributed by atoms with Gasteiger partial charge in [-0.05, 0) is 29.9 Å². The Balaban J connectivity index is 2.74. The Kier molecular flexibility index (Phi) is 5.67. The number of unbranched alkanes of at least 4 members (excludes halogenated alkanes) is 1. The molecule has 100 valence electrons. The Bertz CT molecular complexity index is 396. The van der Waals surface area contributed by atoms with Crippen LogP contribution in [0, 0.1) is 0 Å². The largest absolute Gasteiger partial charge is 0.352 e. The second-order valence-electron chi connectivity index (χ2n) is 5.45. The third-order valence-electron chi connectivity index (χ3n) is 2.83. The molecule has 1 aromatic carbocycles. The number of nitrogens with one attached hydrogen (secondary N) is 1. The van der Waals surface area contributed by atoms with Crippen molar-refractivity contribution in [2.24, 2.45) is 0 Å². The Labute approximate surface area is 115 Å². The lowest BCUT2D eigenvalue weighted by Crippen LogP contribution is -2.28. The van der Waals surface area contributed by atoms with E-state index >= 15 is 0 Å². The molecule has 0 aliphatic carbocycles. The number of halogens is 1. The van der Waals surface area contributed by atoms with E-state index in [0.717, 1.165) is 24.0 Å². The SMILES string of the molecule is CC(C)(C)c1ccccc1C(=O)NCCCCCl. The molecule has 2 nitrogen and oxygen atoms in total. The summed E-state index contributed by atoms with van der Waals surface area (Å²) in [6, 6.07) is 7.79. The number of amides is 1. The average Bonchev–Trinajstić information content (AvgIpc) is 2.33. The van der Waals surface area contributed by atoms with Crippen LogP contribution in [0.25, 0.3) is 0 Å². The number of benzene rings is 1. The van der Waals surface area contributed by atoms with Gasteiger partial charge >= 0.3 is 0 Å². The quantitative estimate of drug-likeness (QED) is 0.639. The molecule has 0 aromatic heterocycles. The summed E-state index contributed by atoms with van der Waals surface area (Å²) in [5.41, 5.74) is 1.83. The van der Waals surface area contributed by atoms with Gasteiger partial charge in [0, 0.05) is 18.0 Å². The highest BCUT2D eigenvalue weighted by Crippen LogP contribution is 2.25. The third kappa shape index (κ3) is 4.34. The number of carbonyl (C=O) groups is 1. The molecule has 0 saturated heterocycles. The molecular weight excluding hydrogens is 246 g/mol. The maximum absolute atomic E-state index is 12.1. The summed E-state index contributed by atoms with van der Waals surface area (Å²) < 4.78 is 0. The third-order valence-corrected chi connectivity index (χ3v) is 3.09. The standard InChI is InChI=1S/C15H22ClNO/c1-15(2,3)13-9-5-4-8-12(13)14(18)17-11-7-6-10-16/h4-5,8-9H,6-7,10-11H2,1-3H3,(H,17,18). The van der Waals surface area contributed by atoms with Crippen LogP contribution in [0.4, 0.5) is 0 Å². The molecule has 3 heteroatoms. The molecule has 1 aromatic rings. The topological polar surface area (TPSA) is 29.1 Å². The fraction of sp³-hybridized carbons (Fsp3) is 0.533. The minimum absolute atomic E-state index is 0.00935. The molecule has 0 saturated carbocycles. The highest BCUT2D eigenvalue weighted by molar-refractivity contribution is 6.17. The molecule has 0 aliphatic rings. The summed E-state index contributed by atoms with van der Waals surface area (Å²) in [6.07, 6.45) is 1.86. The monoisotopic (exact) mass is 267 g/mol. The summed E-state index contributed by atoms with van der Waals surface area (Å²) in [7, 11) is 0. The van der Waals surface area contributed by atoms with E-state index in [9.17, 15) is 4.79 Å². The van der Waals surface area contributed by atoms with Gasteiger partial charge in [0.25, 0.3) is 5.91 Å². The highest BCUT2D eigenvalue weighted by Gasteiger charge is 2.20. The summed E-state index contributed by atoms with van der Waals surface area (Å²) >= 11 is 5.61. The second kappa shape index (κ2) is 6.79. The van der Waals surface area contributed by atoms with Crippen LogP contribution in [0.3, 0.4) is 0 Å². The molecule has 0 aliphatic heterocycles. The Morgan fingerprint density at radius 1 is 1.22 bits per heavy atom. The number of rotatable bonds is 5. The Morgan fingerprint density at radius 2 is 1.89 bits per heavy atom. The van der Waals surface area contributed by atoms with Gasteiger partial charge in [0.05, 0.1) is 0 Å². The lowest BCUT2D eigenvalue weighted by atomic mass is 9.83. The van der Waals surface area contributed by atoms with Crippen molar-refractivity contribution in [3.63, 3.8) is 0 Å². The van der Waals surface area contributed by atoms with E-state index in [2.05, 4.69) is 26.1 Å². The minimum atomic E-state index is -0.0237. The zero-order valence-corrected chi connectivity index (χ0v) is 12.2. The summed E-state index contributed by atoms with van der Waals surface area (Å²) in [4.78, 5) is 12.1.